The van der Waals surface area contributed by atoms with E-state index in [2.05, 4.69) is 6.58 Å². The van der Waals surface area contributed by atoms with Gasteiger partial charge in [0.1, 0.15) is 0 Å². The molecule has 14 heavy (non-hydrogen) atoms. The van der Waals surface area contributed by atoms with Crippen LogP contribution >= 0.6 is 0 Å². The van der Waals surface area contributed by atoms with Gasteiger partial charge in [0, 0.05) is 0 Å². The first-order valence-electron chi connectivity index (χ1n) is 4.73. The Morgan fingerprint density at radius 1 is 1.36 bits per heavy atom. The van der Waals surface area contributed by atoms with E-state index in [9.17, 15) is 5.11 Å². The van der Waals surface area contributed by atoms with Crippen molar-refractivity contribution in [2.24, 2.45) is 0 Å². The average Bonchev–Trinajstić information content (AvgIpc) is 2.20. The van der Waals surface area contributed by atoms with Gasteiger partial charge in [-0.1, -0.05) is 36.4 Å². The molecule has 1 aromatic carbocycles. The highest BCUT2D eigenvalue weighted by molar-refractivity contribution is 5.13. The topological polar surface area (TPSA) is 29.5 Å². The predicted octanol–water partition coefficient (Wildman–Crippen LogP) is 2.14. The second-order valence-corrected chi connectivity index (χ2v) is 3.18. The number of hydrogen-bond acceptors (Lipinski definition) is 2. The van der Waals surface area contributed by atoms with Crippen molar-refractivity contribution < 1.29 is 9.84 Å². The van der Waals surface area contributed by atoms with E-state index in [1.165, 1.54) is 0 Å². The number of rotatable bonds is 6. The fourth-order valence-corrected chi connectivity index (χ4v) is 1.15. The summed E-state index contributed by atoms with van der Waals surface area (Å²) in [5.74, 6) is 0. The molecule has 0 radical (unpaired) electrons. The van der Waals surface area contributed by atoms with Gasteiger partial charge < -0.3 is 9.84 Å². The summed E-state index contributed by atoms with van der Waals surface area (Å²) >= 11 is 0. The van der Waals surface area contributed by atoms with E-state index in [0.717, 1.165) is 5.56 Å². The molecule has 0 heterocycles. The molecule has 0 unspecified atom stereocenters. The maximum Gasteiger partial charge on any atom is 0.0808 e. The van der Waals surface area contributed by atoms with Gasteiger partial charge >= 0.3 is 0 Å². The molecule has 0 aliphatic heterocycles. The van der Waals surface area contributed by atoms with Crippen molar-refractivity contribution in [1.29, 1.82) is 0 Å². The van der Waals surface area contributed by atoms with Crippen LogP contribution in [0.5, 0.6) is 0 Å². The molecule has 0 saturated heterocycles. The highest BCUT2D eigenvalue weighted by Crippen LogP contribution is 2.01. The lowest BCUT2D eigenvalue weighted by atomic mass is 10.2. The summed E-state index contributed by atoms with van der Waals surface area (Å²) in [6.07, 6.45) is 1.84. The quantitative estimate of drug-likeness (QED) is 0.700. The van der Waals surface area contributed by atoms with Crippen molar-refractivity contribution in [3.63, 3.8) is 0 Å². The Hall–Kier alpha value is -1.12. The van der Waals surface area contributed by atoms with Crippen molar-refractivity contribution in [2.75, 3.05) is 6.61 Å². The molecule has 1 rings (SSSR count). The molecule has 1 atom stereocenters. The maximum absolute atomic E-state index is 9.33. The Morgan fingerprint density at radius 3 is 2.71 bits per heavy atom. The van der Waals surface area contributed by atoms with Crippen molar-refractivity contribution in [3.8, 4) is 0 Å². The van der Waals surface area contributed by atoms with Gasteiger partial charge in [-0.2, -0.15) is 0 Å². The van der Waals surface area contributed by atoms with Crippen LogP contribution in [0.1, 0.15) is 12.0 Å². The normalized spacial score (nSPS) is 12.4. The number of aliphatic hydroxyl groups excluding tert-OH is 1. The SMILES string of the molecule is C=CC[C@H](O)COCc1ccccc1. The molecule has 1 N–H and O–H groups in total. The van der Waals surface area contributed by atoms with Gasteiger partial charge in [0.25, 0.3) is 0 Å². The Bertz CT molecular complexity index is 256. The summed E-state index contributed by atoms with van der Waals surface area (Å²) in [6, 6.07) is 9.91. The third-order valence-corrected chi connectivity index (χ3v) is 1.86. The van der Waals surface area contributed by atoms with Crippen LogP contribution < -0.4 is 0 Å². The van der Waals surface area contributed by atoms with Crippen LogP contribution in [0, 0.1) is 0 Å². The third kappa shape index (κ3) is 4.21. The minimum absolute atomic E-state index is 0.362. The fourth-order valence-electron chi connectivity index (χ4n) is 1.15. The molecule has 0 aliphatic rings. The zero-order valence-electron chi connectivity index (χ0n) is 8.23. The van der Waals surface area contributed by atoms with Gasteiger partial charge in [-0.15, -0.1) is 6.58 Å². The van der Waals surface area contributed by atoms with Gasteiger partial charge in [0.2, 0.25) is 0 Å². The van der Waals surface area contributed by atoms with E-state index < -0.39 is 6.10 Å². The highest BCUT2D eigenvalue weighted by atomic mass is 16.5. The molecule has 0 amide bonds. The largest absolute Gasteiger partial charge is 0.390 e. The van der Waals surface area contributed by atoms with Crippen LogP contribution in [-0.4, -0.2) is 17.8 Å². The minimum Gasteiger partial charge on any atom is -0.390 e. The van der Waals surface area contributed by atoms with Crippen LogP contribution in [-0.2, 0) is 11.3 Å². The number of ether oxygens (including phenoxy) is 1. The summed E-state index contributed by atoms with van der Waals surface area (Å²) in [5, 5.41) is 9.33. The first-order valence-corrected chi connectivity index (χ1v) is 4.73. The highest BCUT2D eigenvalue weighted by Gasteiger charge is 2.00. The average molecular weight is 192 g/mol. The van der Waals surface area contributed by atoms with Gasteiger partial charge in [-0.3, -0.25) is 0 Å². The number of hydrogen-bond donors (Lipinski definition) is 1. The van der Waals surface area contributed by atoms with Gasteiger partial charge in [-0.25, -0.2) is 0 Å². The van der Waals surface area contributed by atoms with Crippen molar-refractivity contribution in [1.82, 2.24) is 0 Å². The molecule has 2 heteroatoms. The molecule has 0 saturated carbocycles. The minimum atomic E-state index is -0.434. The Kier molecular flexibility index (Phi) is 4.97. The molecule has 0 aliphatic carbocycles. The monoisotopic (exact) mass is 192 g/mol. The Balaban J connectivity index is 2.18. The van der Waals surface area contributed by atoms with Gasteiger partial charge in [0.15, 0.2) is 0 Å². The molecular weight excluding hydrogens is 176 g/mol. The van der Waals surface area contributed by atoms with Crippen molar-refractivity contribution in [2.45, 2.75) is 19.1 Å². The van der Waals surface area contributed by atoms with Crippen LogP contribution in [0.2, 0.25) is 0 Å². The van der Waals surface area contributed by atoms with Crippen LogP contribution in [0.25, 0.3) is 0 Å². The molecule has 0 bridgehead atoms. The first kappa shape index (κ1) is 11.0. The number of aliphatic hydroxyl groups is 1. The van der Waals surface area contributed by atoms with Crippen LogP contribution in [0.4, 0.5) is 0 Å². The second kappa shape index (κ2) is 6.35. The molecular formula is C12H16O2. The van der Waals surface area contributed by atoms with Gasteiger partial charge in [0.05, 0.1) is 19.3 Å². The molecule has 0 spiro atoms. The smallest absolute Gasteiger partial charge is 0.0808 e. The standard InChI is InChI=1S/C12H16O2/c1-2-6-12(13)10-14-9-11-7-4-3-5-8-11/h2-5,7-8,12-13H,1,6,9-10H2/t12-/m0/s1. The fraction of sp³-hybridized carbons (Fsp3) is 0.333. The van der Waals surface area contributed by atoms with E-state index in [1.54, 1.807) is 6.08 Å². The Labute approximate surface area is 84.8 Å². The number of benzene rings is 1. The molecule has 0 aromatic heterocycles. The first-order chi connectivity index (χ1) is 6.83. The molecule has 76 valence electrons. The third-order valence-electron chi connectivity index (χ3n) is 1.86. The lowest BCUT2D eigenvalue weighted by molar-refractivity contribution is 0.0301. The molecule has 2 nitrogen and oxygen atoms in total. The van der Waals surface area contributed by atoms with Crippen LogP contribution in [0.3, 0.4) is 0 Å². The van der Waals surface area contributed by atoms with E-state index in [-0.39, 0.29) is 0 Å². The van der Waals surface area contributed by atoms with Crippen molar-refractivity contribution in [3.05, 3.63) is 48.6 Å². The maximum atomic E-state index is 9.33. The van der Waals surface area contributed by atoms with E-state index in [0.29, 0.717) is 19.6 Å². The zero-order valence-corrected chi connectivity index (χ0v) is 8.23. The van der Waals surface area contributed by atoms with Crippen molar-refractivity contribution >= 4 is 0 Å². The lowest BCUT2D eigenvalue weighted by Crippen LogP contribution is -2.13. The van der Waals surface area contributed by atoms with Gasteiger partial charge in [-0.05, 0) is 12.0 Å². The lowest BCUT2D eigenvalue weighted by Gasteiger charge is -2.08. The zero-order chi connectivity index (χ0) is 10.2. The second-order valence-electron chi connectivity index (χ2n) is 3.18. The van der Waals surface area contributed by atoms with E-state index in [4.69, 9.17) is 4.74 Å². The molecule has 0 fully saturated rings. The molecule has 1 aromatic rings. The summed E-state index contributed by atoms with van der Waals surface area (Å²) in [4.78, 5) is 0. The summed E-state index contributed by atoms with van der Waals surface area (Å²) in [6.45, 7) is 4.46. The predicted molar refractivity (Wildman–Crippen MR) is 56.9 cm³/mol. The van der Waals surface area contributed by atoms with Crippen LogP contribution in [0.15, 0.2) is 43.0 Å². The van der Waals surface area contributed by atoms with E-state index in [1.807, 2.05) is 30.3 Å². The summed E-state index contributed by atoms with van der Waals surface area (Å²) < 4.78 is 5.34. The Morgan fingerprint density at radius 2 is 2.07 bits per heavy atom. The summed E-state index contributed by atoms with van der Waals surface area (Å²) in [7, 11) is 0. The van der Waals surface area contributed by atoms with E-state index >= 15 is 0 Å². The summed E-state index contributed by atoms with van der Waals surface area (Å²) in [5.41, 5.74) is 1.12.